The summed E-state index contributed by atoms with van der Waals surface area (Å²) in [6.07, 6.45) is 0.683. The highest BCUT2D eigenvalue weighted by atomic mass is 32.2. The van der Waals surface area contributed by atoms with Crippen molar-refractivity contribution < 1.29 is 19.4 Å². The predicted molar refractivity (Wildman–Crippen MR) is 146 cm³/mol. The molecule has 0 unspecified atom stereocenters. The molecule has 0 radical (unpaired) electrons. The van der Waals surface area contributed by atoms with Gasteiger partial charge in [-0.1, -0.05) is 73.3 Å². The molecule has 1 aliphatic rings. The van der Waals surface area contributed by atoms with Crippen LogP contribution in [-0.2, 0) is 23.1 Å². The third kappa shape index (κ3) is 5.97. The van der Waals surface area contributed by atoms with E-state index >= 15 is 0 Å². The zero-order valence-electron chi connectivity index (χ0n) is 21.2. The van der Waals surface area contributed by atoms with Crippen LogP contribution in [-0.4, -0.2) is 37.6 Å². The van der Waals surface area contributed by atoms with Crippen LogP contribution < -0.4 is 5.32 Å². The van der Waals surface area contributed by atoms with Crippen LogP contribution in [0, 0.1) is 5.92 Å². The Morgan fingerprint density at radius 3 is 2.53 bits per heavy atom. The van der Waals surface area contributed by atoms with E-state index in [9.17, 15) is 9.90 Å². The number of nitrogens with one attached hydrogen (secondary N) is 1. The molecule has 1 saturated heterocycles. The molecule has 0 bridgehead atoms. The fourth-order valence-electron chi connectivity index (χ4n) is 4.43. The van der Waals surface area contributed by atoms with Gasteiger partial charge in [-0.3, -0.25) is 4.79 Å². The van der Waals surface area contributed by atoms with Crippen molar-refractivity contribution in [2.45, 2.75) is 37.2 Å². The SMILES string of the molecule is C[C@@H]1[C@H](CSc2nncn2C)O[C@H](c2cccc(NC(=O)c3ccccc3)c2)O[C@@H]1c1ccc(CO)cc1. The van der Waals surface area contributed by atoms with Crippen molar-refractivity contribution in [3.63, 3.8) is 0 Å². The zero-order chi connectivity index (χ0) is 26.5. The number of aliphatic hydroxyl groups is 1. The third-order valence-corrected chi connectivity index (χ3v) is 7.75. The fraction of sp³-hybridized carbons (Fsp3) is 0.276. The second-order valence-electron chi connectivity index (χ2n) is 9.30. The molecule has 4 atom stereocenters. The molecule has 0 aliphatic carbocycles. The first kappa shape index (κ1) is 26.1. The number of aromatic nitrogens is 3. The van der Waals surface area contributed by atoms with E-state index in [4.69, 9.17) is 9.47 Å². The van der Waals surface area contributed by atoms with Gasteiger partial charge in [0.15, 0.2) is 11.4 Å². The monoisotopic (exact) mass is 530 g/mol. The van der Waals surface area contributed by atoms with Crippen LogP contribution in [0.5, 0.6) is 0 Å². The number of nitrogens with zero attached hydrogens (tertiary/aromatic N) is 3. The van der Waals surface area contributed by atoms with Gasteiger partial charge >= 0.3 is 0 Å². The lowest BCUT2D eigenvalue weighted by Crippen LogP contribution is -2.38. The molecular weight excluding hydrogens is 500 g/mol. The van der Waals surface area contributed by atoms with Gasteiger partial charge < -0.3 is 24.5 Å². The summed E-state index contributed by atoms with van der Waals surface area (Å²) in [7, 11) is 1.92. The van der Waals surface area contributed by atoms with Gasteiger partial charge in [0, 0.05) is 35.5 Å². The fourth-order valence-corrected chi connectivity index (χ4v) is 5.48. The van der Waals surface area contributed by atoms with E-state index in [1.165, 1.54) is 0 Å². The number of hydrogen-bond acceptors (Lipinski definition) is 7. The first-order chi connectivity index (χ1) is 18.5. The van der Waals surface area contributed by atoms with Gasteiger partial charge in [-0.25, -0.2) is 0 Å². The number of anilines is 1. The number of carbonyl (C=O) groups excluding carboxylic acids is 1. The van der Waals surface area contributed by atoms with Gasteiger partial charge in [-0.2, -0.15) is 0 Å². The van der Waals surface area contributed by atoms with E-state index in [1.54, 1.807) is 30.2 Å². The molecule has 1 amide bonds. The van der Waals surface area contributed by atoms with Crippen LogP contribution in [0.25, 0.3) is 0 Å². The van der Waals surface area contributed by atoms with Crippen LogP contribution in [0.2, 0.25) is 0 Å². The number of hydrogen-bond donors (Lipinski definition) is 2. The van der Waals surface area contributed by atoms with Crippen LogP contribution in [0.4, 0.5) is 5.69 Å². The summed E-state index contributed by atoms with van der Waals surface area (Å²) >= 11 is 1.59. The van der Waals surface area contributed by atoms with Gasteiger partial charge in [0.1, 0.15) is 6.33 Å². The Labute approximate surface area is 226 Å². The Bertz CT molecular complexity index is 1360. The van der Waals surface area contributed by atoms with Gasteiger partial charge in [0.2, 0.25) is 0 Å². The highest BCUT2D eigenvalue weighted by molar-refractivity contribution is 7.99. The highest BCUT2D eigenvalue weighted by Crippen LogP contribution is 2.43. The summed E-state index contributed by atoms with van der Waals surface area (Å²) in [4.78, 5) is 12.7. The molecule has 38 heavy (non-hydrogen) atoms. The van der Waals surface area contributed by atoms with Gasteiger partial charge in [-0.05, 0) is 35.4 Å². The molecule has 0 spiro atoms. The standard InChI is InChI=1S/C29H30N4O4S/c1-19-25(17-38-29-32-30-18-33(29)2)36-28(37-26(19)21-13-11-20(16-34)12-14-21)23-9-6-10-24(15-23)31-27(35)22-7-4-3-5-8-22/h3-15,18-19,25-26,28,34H,16-17H2,1-2H3,(H,31,35)/t19-,25+,26+,28+/m1/s1. The molecule has 5 rings (SSSR count). The van der Waals surface area contributed by atoms with Crippen molar-refractivity contribution in [1.82, 2.24) is 14.8 Å². The Kier molecular flexibility index (Phi) is 8.19. The summed E-state index contributed by atoms with van der Waals surface area (Å²) in [5, 5.41) is 21.4. The Morgan fingerprint density at radius 2 is 1.82 bits per heavy atom. The lowest BCUT2D eigenvalue weighted by atomic mass is 9.91. The molecular formula is C29H30N4O4S. The molecule has 4 aromatic rings. The first-order valence-electron chi connectivity index (χ1n) is 12.5. The predicted octanol–water partition coefficient (Wildman–Crippen LogP) is 5.14. The minimum Gasteiger partial charge on any atom is -0.392 e. The van der Waals surface area contributed by atoms with E-state index in [0.717, 1.165) is 21.8 Å². The van der Waals surface area contributed by atoms with Crippen molar-refractivity contribution in [1.29, 1.82) is 0 Å². The Balaban J connectivity index is 1.39. The number of carbonyl (C=O) groups is 1. The molecule has 1 aliphatic heterocycles. The van der Waals surface area contributed by atoms with Gasteiger partial charge in [0.05, 0.1) is 18.8 Å². The lowest BCUT2D eigenvalue weighted by molar-refractivity contribution is -0.268. The van der Waals surface area contributed by atoms with E-state index in [-0.39, 0.29) is 30.6 Å². The van der Waals surface area contributed by atoms with Gasteiger partial charge in [0.25, 0.3) is 5.91 Å². The smallest absolute Gasteiger partial charge is 0.255 e. The second-order valence-corrected chi connectivity index (χ2v) is 10.3. The minimum atomic E-state index is -0.632. The summed E-state index contributed by atoms with van der Waals surface area (Å²) in [5.74, 6) is 0.540. The summed E-state index contributed by atoms with van der Waals surface area (Å²) in [5.41, 5.74) is 3.93. The van der Waals surface area contributed by atoms with Crippen LogP contribution in [0.1, 0.15) is 46.4 Å². The lowest BCUT2D eigenvalue weighted by Gasteiger charge is -2.41. The van der Waals surface area contributed by atoms with E-state index < -0.39 is 6.29 Å². The number of benzene rings is 3. The Hall–Kier alpha value is -3.50. The summed E-state index contributed by atoms with van der Waals surface area (Å²) < 4.78 is 14.9. The van der Waals surface area contributed by atoms with Crippen molar-refractivity contribution >= 4 is 23.4 Å². The van der Waals surface area contributed by atoms with Crippen molar-refractivity contribution in [3.8, 4) is 0 Å². The largest absolute Gasteiger partial charge is 0.392 e. The van der Waals surface area contributed by atoms with Crippen LogP contribution in [0.3, 0.4) is 0 Å². The second kappa shape index (κ2) is 11.9. The molecule has 0 saturated carbocycles. The van der Waals surface area contributed by atoms with Crippen molar-refractivity contribution in [2.24, 2.45) is 13.0 Å². The Morgan fingerprint density at radius 1 is 1.03 bits per heavy atom. The third-order valence-electron chi connectivity index (χ3n) is 6.62. The summed E-state index contributed by atoms with van der Waals surface area (Å²) in [6.45, 7) is 2.12. The normalized spacial score (nSPS) is 21.2. The minimum absolute atomic E-state index is 0.00838. The van der Waals surface area contributed by atoms with Crippen LogP contribution >= 0.6 is 11.8 Å². The van der Waals surface area contributed by atoms with E-state index in [1.807, 2.05) is 78.3 Å². The molecule has 8 nitrogen and oxygen atoms in total. The molecule has 1 aromatic heterocycles. The topological polar surface area (TPSA) is 98.5 Å². The van der Waals surface area contributed by atoms with Crippen molar-refractivity contribution in [3.05, 3.63) is 107 Å². The van der Waals surface area contributed by atoms with Crippen LogP contribution in [0.15, 0.2) is 90.3 Å². The maximum absolute atomic E-state index is 12.7. The quantitative estimate of drug-likeness (QED) is 0.304. The molecule has 2 N–H and O–H groups in total. The molecule has 3 aromatic carbocycles. The number of amides is 1. The number of thioether (sulfide) groups is 1. The van der Waals surface area contributed by atoms with E-state index in [2.05, 4.69) is 22.4 Å². The number of aryl methyl sites for hydroxylation is 1. The number of ether oxygens (including phenoxy) is 2. The van der Waals surface area contributed by atoms with Crippen molar-refractivity contribution in [2.75, 3.05) is 11.1 Å². The average molecular weight is 531 g/mol. The maximum atomic E-state index is 12.7. The summed E-state index contributed by atoms with van der Waals surface area (Å²) in [6, 6.07) is 24.5. The maximum Gasteiger partial charge on any atom is 0.255 e. The van der Waals surface area contributed by atoms with E-state index in [0.29, 0.717) is 17.0 Å². The molecule has 1 fully saturated rings. The highest BCUT2D eigenvalue weighted by Gasteiger charge is 2.38. The number of aliphatic hydroxyl groups excluding tert-OH is 1. The first-order valence-corrected chi connectivity index (χ1v) is 13.4. The number of rotatable bonds is 8. The zero-order valence-corrected chi connectivity index (χ0v) is 22.0. The average Bonchev–Trinajstić information content (AvgIpc) is 3.37. The molecule has 196 valence electrons. The molecule has 9 heteroatoms. The molecule has 2 heterocycles. The van der Waals surface area contributed by atoms with Gasteiger partial charge in [-0.15, -0.1) is 10.2 Å².